The Kier molecular flexibility index (Phi) is 3.52. The Bertz CT molecular complexity index is 705. The van der Waals surface area contributed by atoms with Crippen LogP contribution < -0.4 is 5.32 Å². The van der Waals surface area contributed by atoms with Gasteiger partial charge in [-0.3, -0.25) is 19.3 Å². The number of hydrogen-bond donors (Lipinski definition) is 1. The number of fused-ring (bicyclic) bond motifs is 1. The molecule has 1 aliphatic heterocycles. The summed E-state index contributed by atoms with van der Waals surface area (Å²) in [6, 6.07) is 7.43. The standard InChI is InChI=1S/C19H20N2O3/c1-11-2-8-14(9-3-11)20-15(22)10-21-18(23)16-12-4-5-13(7-6-12)17(16)19(21)24/h2-5,8-9,12-13,16-17H,6-7,10H2,1H3,(H,20,22)/t12-,13-,16+,17+/m0/s1. The molecule has 0 aromatic heterocycles. The van der Waals surface area contributed by atoms with E-state index in [2.05, 4.69) is 17.5 Å². The second-order valence-electron chi connectivity index (χ2n) is 7.02. The summed E-state index contributed by atoms with van der Waals surface area (Å²) < 4.78 is 0. The first-order valence-electron chi connectivity index (χ1n) is 8.44. The minimum Gasteiger partial charge on any atom is -0.325 e. The van der Waals surface area contributed by atoms with E-state index in [0.29, 0.717) is 5.69 Å². The van der Waals surface area contributed by atoms with Gasteiger partial charge in [0.15, 0.2) is 0 Å². The Balaban J connectivity index is 1.47. The van der Waals surface area contributed by atoms with Gasteiger partial charge in [-0.05, 0) is 43.7 Å². The second kappa shape index (κ2) is 5.58. The number of amides is 3. The van der Waals surface area contributed by atoms with Crippen molar-refractivity contribution in [2.45, 2.75) is 19.8 Å². The summed E-state index contributed by atoms with van der Waals surface area (Å²) in [4.78, 5) is 38.7. The molecule has 1 aromatic carbocycles. The third-order valence-corrected chi connectivity index (χ3v) is 5.49. The SMILES string of the molecule is Cc1ccc(NC(=O)CN2C(=O)[C@H]3[C@H](C2=O)[C@H]2C=C[C@H]3CC2)cc1. The van der Waals surface area contributed by atoms with Crippen LogP contribution in [0.3, 0.4) is 0 Å². The number of benzene rings is 1. The number of nitrogens with zero attached hydrogens (tertiary/aromatic N) is 1. The molecule has 5 heteroatoms. The maximum atomic E-state index is 12.7. The monoisotopic (exact) mass is 324 g/mol. The number of allylic oxidation sites excluding steroid dienone is 2. The molecule has 1 heterocycles. The summed E-state index contributed by atoms with van der Waals surface area (Å²) in [6.07, 6.45) is 6.09. The first-order chi connectivity index (χ1) is 11.5. The normalized spacial score (nSPS) is 30.6. The van der Waals surface area contributed by atoms with Crippen molar-refractivity contribution in [3.8, 4) is 0 Å². The van der Waals surface area contributed by atoms with E-state index in [1.807, 2.05) is 31.2 Å². The molecule has 3 aliphatic carbocycles. The Morgan fingerprint density at radius 1 is 1.04 bits per heavy atom. The molecule has 4 aliphatic rings. The number of carbonyl (C=O) groups excluding carboxylic acids is 3. The van der Waals surface area contributed by atoms with E-state index in [9.17, 15) is 14.4 Å². The number of imide groups is 1. The van der Waals surface area contributed by atoms with Gasteiger partial charge in [-0.2, -0.15) is 0 Å². The zero-order valence-corrected chi connectivity index (χ0v) is 13.6. The lowest BCUT2D eigenvalue weighted by molar-refractivity contribution is -0.142. The minimum absolute atomic E-state index is 0.154. The van der Waals surface area contributed by atoms with E-state index >= 15 is 0 Å². The van der Waals surface area contributed by atoms with Crippen molar-refractivity contribution >= 4 is 23.4 Å². The van der Waals surface area contributed by atoms with Gasteiger partial charge in [-0.1, -0.05) is 29.8 Å². The largest absolute Gasteiger partial charge is 0.325 e. The summed E-state index contributed by atoms with van der Waals surface area (Å²) in [5.74, 6) is -0.893. The maximum Gasteiger partial charge on any atom is 0.244 e. The average molecular weight is 324 g/mol. The highest BCUT2D eigenvalue weighted by Gasteiger charge is 2.56. The molecule has 1 N–H and O–H groups in total. The Morgan fingerprint density at radius 2 is 1.58 bits per heavy atom. The van der Waals surface area contributed by atoms with Gasteiger partial charge in [0.1, 0.15) is 6.54 Å². The molecule has 5 nitrogen and oxygen atoms in total. The lowest BCUT2D eigenvalue weighted by atomic mass is 9.63. The molecule has 24 heavy (non-hydrogen) atoms. The highest BCUT2D eigenvalue weighted by molar-refractivity contribution is 6.09. The highest BCUT2D eigenvalue weighted by atomic mass is 16.2. The summed E-state index contributed by atoms with van der Waals surface area (Å²) >= 11 is 0. The summed E-state index contributed by atoms with van der Waals surface area (Å²) in [5.41, 5.74) is 1.77. The van der Waals surface area contributed by atoms with Crippen molar-refractivity contribution in [3.05, 3.63) is 42.0 Å². The zero-order valence-electron chi connectivity index (χ0n) is 13.6. The quantitative estimate of drug-likeness (QED) is 0.684. The fraction of sp³-hybridized carbons (Fsp3) is 0.421. The van der Waals surface area contributed by atoms with Crippen LogP contribution in [0.4, 0.5) is 5.69 Å². The van der Waals surface area contributed by atoms with E-state index in [-0.39, 0.29) is 47.9 Å². The molecule has 1 saturated heterocycles. The summed E-state index contributed by atoms with van der Waals surface area (Å²) in [5, 5.41) is 2.76. The number of anilines is 1. The first-order valence-corrected chi connectivity index (χ1v) is 8.44. The van der Waals surface area contributed by atoms with Crippen molar-refractivity contribution in [2.24, 2.45) is 23.7 Å². The third kappa shape index (κ3) is 2.35. The number of carbonyl (C=O) groups is 3. The second-order valence-corrected chi connectivity index (χ2v) is 7.02. The van der Waals surface area contributed by atoms with E-state index < -0.39 is 0 Å². The van der Waals surface area contributed by atoms with Crippen LogP contribution in [0.15, 0.2) is 36.4 Å². The highest BCUT2D eigenvalue weighted by Crippen LogP contribution is 2.49. The number of nitrogens with one attached hydrogen (secondary N) is 1. The van der Waals surface area contributed by atoms with Crippen LogP contribution in [0, 0.1) is 30.6 Å². The van der Waals surface area contributed by atoms with Gasteiger partial charge in [0.2, 0.25) is 17.7 Å². The van der Waals surface area contributed by atoms with E-state index in [0.717, 1.165) is 23.3 Å². The number of likely N-dealkylation sites (tertiary alicyclic amines) is 1. The Morgan fingerprint density at radius 3 is 2.08 bits per heavy atom. The molecule has 0 spiro atoms. The van der Waals surface area contributed by atoms with Crippen LogP contribution in [-0.4, -0.2) is 29.2 Å². The van der Waals surface area contributed by atoms with Crippen LogP contribution in [0.5, 0.6) is 0 Å². The van der Waals surface area contributed by atoms with Crippen LogP contribution in [0.25, 0.3) is 0 Å². The van der Waals surface area contributed by atoms with Crippen LogP contribution in [0.1, 0.15) is 18.4 Å². The van der Waals surface area contributed by atoms with Crippen LogP contribution in [-0.2, 0) is 14.4 Å². The van der Waals surface area contributed by atoms with Gasteiger partial charge in [0.05, 0.1) is 11.8 Å². The molecule has 1 aromatic rings. The van der Waals surface area contributed by atoms with Gasteiger partial charge >= 0.3 is 0 Å². The van der Waals surface area contributed by atoms with Gasteiger partial charge in [0.25, 0.3) is 0 Å². The van der Waals surface area contributed by atoms with E-state index in [1.54, 1.807) is 0 Å². The lowest BCUT2D eigenvalue weighted by Gasteiger charge is -2.38. The average Bonchev–Trinajstić information content (AvgIpc) is 2.85. The summed E-state index contributed by atoms with van der Waals surface area (Å²) in [7, 11) is 0. The van der Waals surface area contributed by atoms with E-state index in [4.69, 9.17) is 0 Å². The van der Waals surface area contributed by atoms with Crippen LogP contribution >= 0.6 is 0 Å². The lowest BCUT2D eigenvalue weighted by Crippen LogP contribution is -2.38. The molecule has 3 amide bonds. The smallest absolute Gasteiger partial charge is 0.244 e. The van der Waals surface area contributed by atoms with Gasteiger partial charge in [-0.25, -0.2) is 0 Å². The molecular weight excluding hydrogens is 304 g/mol. The molecule has 2 bridgehead atoms. The Hall–Kier alpha value is -2.43. The van der Waals surface area contributed by atoms with Crippen molar-refractivity contribution in [1.82, 2.24) is 4.90 Å². The molecule has 0 unspecified atom stereocenters. The van der Waals surface area contributed by atoms with Crippen molar-refractivity contribution < 1.29 is 14.4 Å². The molecule has 5 rings (SSSR count). The number of aryl methyl sites for hydroxylation is 1. The van der Waals surface area contributed by atoms with Crippen molar-refractivity contribution in [3.63, 3.8) is 0 Å². The molecule has 124 valence electrons. The first kappa shape index (κ1) is 15.1. The molecular formula is C19H20N2O3. The number of hydrogen-bond acceptors (Lipinski definition) is 3. The van der Waals surface area contributed by atoms with Gasteiger partial charge in [0, 0.05) is 5.69 Å². The van der Waals surface area contributed by atoms with Crippen LogP contribution in [0.2, 0.25) is 0 Å². The molecule has 2 fully saturated rings. The predicted molar refractivity (Wildman–Crippen MR) is 88.9 cm³/mol. The fourth-order valence-electron chi connectivity index (χ4n) is 4.27. The molecule has 1 saturated carbocycles. The van der Waals surface area contributed by atoms with Crippen molar-refractivity contribution in [1.29, 1.82) is 0 Å². The predicted octanol–water partition coefficient (Wildman–Crippen LogP) is 2.13. The topological polar surface area (TPSA) is 66.5 Å². The number of rotatable bonds is 3. The summed E-state index contributed by atoms with van der Waals surface area (Å²) in [6.45, 7) is 1.77. The van der Waals surface area contributed by atoms with Gasteiger partial charge in [-0.15, -0.1) is 0 Å². The minimum atomic E-state index is -0.334. The molecule has 4 atom stereocenters. The Labute approximate surface area is 140 Å². The molecule has 0 radical (unpaired) electrons. The van der Waals surface area contributed by atoms with E-state index in [1.165, 1.54) is 0 Å². The van der Waals surface area contributed by atoms with Crippen molar-refractivity contribution in [2.75, 3.05) is 11.9 Å². The fourth-order valence-corrected chi connectivity index (χ4v) is 4.27. The maximum absolute atomic E-state index is 12.7. The van der Waals surface area contributed by atoms with Gasteiger partial charge < -0.3 is 5.32 Å². The third-order valence-electron chi connectivity index (χ3n) is 5.49. The zero-order chi connectivity index (χ0) is 16.8.